The maximum absolute atomic E-state index is 14.5. The van der Waals surface area contributed by atoms with E-state index >= 15 is 0 Å². The number of amides is 1. The van der Waals surface area contributed by atoms with Crippen LogP contribution in [0.4, 0.5) is 36.4 Å². The Hall–Kier alpha value is -2.33. The number of ether oxygens (including phenoxy) is 1. The molecule has 0 aromatic heterocycles. The number of carbonyl (C=O) groups excluding carboxylic acids is 2. The third kappa shape index (κ3) is 4.48. The fraction of sp³-hybridized carbons (Fsp3) is 0.556. The zero-order valence-corrected chi connectivity index (χ0v) is 15.7. The number of nitrogens with zero attached hydrogens (tertiary/aromatic N) is 1. The first-order valence-electron chi connectivity index (χ1n) is 8.62. The van der Waals surface area contributed by atoms with Gasteiger partial charge in [0.1, 0.15) is 11.3 Å². The summed E-state index contributed by atoms with van der Waals surface area (Å²) in [6.45, 7) is 4.71. The molecular formula is C18H18F7NO3. The normalized spacial score (nSPS) is 19.4. The van der Waals surface area contributed by atoms with Gasteiger partial charge in [0, 0.05) is 12.5 Å². The summed E-state index contributed by atoms with van der Waals surface area (Å²) >= 11 is 0. The van der Waals surface area contributed by atoms with Gasteiger partial charge in [-0.05, 0) is 18.8 Å². The predicted molar refractivity (Wildman–Crippen MR) is 86.8 cm³/mol. The summed E-state index contributed by atoms with van der Waals surface area (Å²) in [5.74, 6) is -11.9. The van der Waals surface area contributed by atoms with Gasteiger partial charge in [-0.2, -0.15) is 13.2 Å². The molecule has 4 nitrogen and oxygen atoms in total. The van der Waals surface area contributed by atoms with Crippen LogP contribution in [-0.2, 0) is 20.5 Å². The van der Waals surface area contributed by atoms with Crippen LogP contribution in [0.5, 0.6) is 0 Å². The second-order valence-corrected chi connectivity index (χ2v) is 7.45. The fourth-order valence-corrected chi connectivity index (χ4v) is 3.46. The van der Waals surface area contributed by atoms with Crippen molar-refractivity contribution in [2.45, 2.75) is 52.3 Å². The summed E-state index contributed by atoms with van der Waals surface area (Å²) in [5.41, 5.74) is -5.06. The SMILES string of the molecule is CCOC(=O)CC1CC(C)(C)CC(=O)N1c1c(F)c(F)c(C(F)(F)F)c(F)c1F. The van der Waals surface area contributed by atoms with Gasteiger partial charge in [0.2, 0.25) is 5.91 Å². The van der Waals surface area contributed by atoms with E-state index in [9.17, 15) is 40.3 Å². The lowest BCUT2D eigenvalue weighted by Gasteiger charge is -2.42. The Morgan fingerprint density at radius 1 is 1.10 bits per heavy atom. The fourth-order valence-electron chi connectivity index (χ4n) is 3.46. The van der Waals surface area contributed by atoms with E-state index in [1.54, 1.807) is 13.8 Å². The van der Waals surface area contributed by atoms with Crippen molar-refractivity contribution in [3.63, 3.8) is 0 Å². The number of rotatable bonds is 4. The van der Waals surface area contributed by atoms with Gasteiger partial charge < -0.3 is 9.64 Å². The lowest BCUT2D eigenvalue weighted by molar-refractivity contribution is -0.144. The Labute approximate surface area is 161 Å². The lowest BCUT2D eigenvalue weighted by Crippen LogP contribution is -2.51. The van der Waals surface area contributed by atoms with Crippen LogP contribution in [0.1, 0.15) is 45.6 Å². The minimum Gasteiger partial charge on any atom is -0.466 e. The predicted octanol–water partition coefficient (Wildman–Crippen LogP) is 4.74. The second kappa shape index (κ2) is 7.83. The Morgan fingerprint density at radius 2 is 1.62 bits per heavy atom. The van der Waals surface area contributed by atoms with Crippen molar-refractivity contribution in [2.75, 3.05) is 11.5 Å². The summed E-state index contributed by atoms with van der Waals surface area (Å²) in [6, 6.07) is -1.27. The van der Waals surface area contributed by atoms with E-state index in [2.05, 4.69) is 0 Å². The monoisotopic (exact) mass is 429 g/mol. The molecule has 0 saturated carbocycles. The Kier molecular flexibility index (Phi) is 6.20. The van der Waals surface area contributed by atoms with Crippen molar-refractivity contribution in [3.05, 3.63) is 28.8 Å². The molecule has 1 aromatic carbocycles. The molecule has 1 aliphatic heterocycles. The molecule has 2 rings (SSSR count). The minimum absolute atomic E-state index is 0.0132. The largest absolute Gasteiger partial charge is 0.466 e. The minimum atomic E-state index is -5.70. The highest BCUT2D eigenvalue weighted by Gasteiger charge is 2.47. The summed E-state index contributed by atoms with van der Waals surface area (Å²) in [6.07, 6.45) is -6.59. The number of piperidine rings is 1. The van der Waals surface area contributed by atoms with Crippen LogP contribution in [0.2, 0.25) is 0 Å². The summed E-state index contributed by atoms with van der Waals surface area (Å²) < 4.78 is 100. The first-order valence-corrected chi connectivity index (χ1v) is 8.62. The van der Waals surface area contributed by atoms with Crippen molar-refractivity contribution < 1.29 is 45.1 Å². The average Bonchev–Trinajstić information content (AvgIpc) is 2.53. The van der Waals surface area contributed by atoms with Crippen molar-refractivity contribution >= 4 is 17.6 Å². The molecule has 1 saturated heterocycles. The number of carbonyl (C=O) groups is 2. The van der Waals surface area contributed by atoms with Crippen LogP contribution in [0.25, 0.3) is 0 Å². The summed E-state index contributed by atoms with van der Waals surface area (Å²) in [5, 5.41) is 0. The molecule has 0 N–H and O–H groups in total. The number of anilines is 1. The number of alkyl halides is 3. The molecule has 11 heteroatoms. The molecular weight excluding hydrogens is 411 g/mol. The molecule has 1 unspecified atom stereocenters. The van der Waals surface area contributed by atoms with Gasteiger partial charge in [0.15, 0.2) is 23.3 Å². The summed E-state index contributed by atoms with van der Waals surface area (Å²) in [4.78, 5) is 24.7. The maximum Gasteiger partial charge on any atom is 0.422 e. The van der Waals surface area contributed by atoms with E-state index in [0.717, 1.165) is 0 Å². The van der Waals surface area contributed by atoms with Crippen LogP contribution < -0.4 is 4.90 Å². The molecule has 162 valence electrons. The highest BCUT2D eigenvalue weighted by atomic mass is 19.4. The number of halogens is 7. The van der Waals surface area contributed by atoms with Crippen LogP contribution >= 0.6 is 0 Å². The van der Waals surface area contributed by atoms with Gasteiger partial charge >= 0.3 is 12.1 Å². The molecule has 0 spiro atoms. The van der Waals surface area contributed by atoms with Crippen LogP contribution in [0.15, 0.2) is 0 Å². The first kappa shape index (κ1) is 23.0. The van der Waals surface area contributed by atoms with E-state index < -0.39 is 70.5 Å². The number of hydrogen-bond acceptors (Lipinski definition) is 3. The number of benzene rings is 1. The smallest absolute Gasteiger partial charge is 0.422 e. The maximum atomic E-state index is 14.5. The molecule has 0 aliphatic carbocycles. The molecule has 1 aliphatic rings. The topological polar surface area (TPSA) is 46.6 Å². The Bertz CT molecular complexity index is 807. The van der Waals surface area contributed by atoms with Crippen molar-refractivity contribution in [3.8, 4) is 0 Å². The van der Waals surface area contributed by atoms with Crippen molar-refractivity contribution in [1.82, 2.24) is 0 Å². The van der Waals surface area contributed by atoms with Gasteiger partial charge in [-0.1, -0.05) is 13.8 Å². The molecule has 1 heterocycles. The van der Waals surface area contributed by atoms with Crippen LogP contribution in [0.3, 0.4) is 0 Å². The van der Waals surface area contributed by atoms with E-state index in [-0.39, 0.29) is 19.4 Å². The van der Waals surface area contributed by atoms with Crippen molar-refractivity contribution in [2.24, 2.45) is 5.41 Å². The lowest BCUT2D eigenvalue weighted by atomic mass is 9.77. The molecule has 0 radical (unpaired) electrons. The molecule has 0 bridgehead atoms. The quantitative estimate of drug-likeness (QED) is 0.395. The Morgan fingerprint density at radius 3 is 2.07 bits per heavy atom. The van der Waals surface area contributed by atoms with Gasteiger partial charge in [-0.15, -0.1) is 0 Å². The highest BCUT2D eigenvalue weighted by Crippen LogP contribution is 2.44. The molecule has 1 amide bonds. The Balaban J connectivity index is 2.65. The average molecular weight is 429 g/mol. The van der Waals surface area contributed by atoms with Crippen LogP contribution in [0, 0.1) is 28.7 Å². The zero-order valence-electron chi connectivity index (χ0n) is 15.7. The second-order valence-electron chi connectivity index (χ2n) is 7.45. The third-order valence-electron chi connectivity index (χ3n) is 4.52. The molecule has 1 atom stereocenters. The standard InChI is InChI=1S/C18H18F7NO3/c1-4-29-10(28)5-8-6-17(2,3)7-9(27)26(8)16-14(21)12(19)11(18(23,24)25)13(20)15(16)22/h8H,4-7H2,1-3H3. The molecule has 29 heavy (non-hydrogen) atoms. The van der Waals surface area contributed by atoms with E-state index in [1.165, 1.54) is 6.92 Å². The zero-order chi connectivity index (χ0) is 22.3. The first-order chi connectivity index (χ1) is 13.2. The van der Waals surface area contributed by atoms with Crippen LogP contribution in [-0.4, -0.2) is 24.5 Å². The van der Waals surface area contributed by atoms with Gasteiger partial charge in [0.05, 0.1) is 13.0 Å². The number of hydrogen-bond donors (Lipinski definition) is 0. The van der Waals surface area contributed by atoms with E-state index in [4.69, 9.17) is 4.74 Å². The van der Waals surface area contributed by atoms with Crippen molar-refractivity contribution in [1.29, 1.82) is 0 Å². The highest BCUT2D eigenvalue weighted by molar-refractivity contribution is 5.96. The van der Waals surface area contributed by atoms with Gasteiger partial charge in [0.25, 0.3) is 0 Å². The van der Waals surface area contributed by atoms with Gasteiger partial charge in [-0.25, -0.2) is 17.6 Å². The number of esters is 1. The third-order valence-corrected chi connectivity index (χ3v) is 4.52. The molecule has 1 fully saturated rings. The van der Waals surface area contributed by atoms with E-state index in [1.807, 2.05) is 0 Å². The van der Waals surface area contributed by atoms with Gasteiger partial charge in [-0.3, -0.25) is 9.59 Å². The molecule has 1 aromatic rings. The summed E-state index contributed by atoms with van der Waals surface area (Å²) in [7, 11) is 0. The van der Waals surface area contributed by atoms with E-state index in [0.29, 0.717) is 4.90 Å².